The van der Waals surface area contributed by atoms with E-state index < -0.39 is 15.9 Å². The first-order chi connectivity index (χ1) is 14.3. The maximum Gasteiger partial charge on any atom is 0.234 e. The third-order valence-electron chi connectivity index (χ3n) is 6.79. The quantitative estimate of drug-likeness (QED) is 0.701. The van der Waals surface area contributed by atoms with Gasteiger partial charge in [-0.3, -0.25) is 14.6 Å². The normalized spacial score (nSPS) is 28.1. The third-order valence-corrected chi connectivity index (χ3v) is 8.49. The van der Waals surface area contributed by atoms with E-state index in [0.717, 1.165) is 18.4 Å². The fraction of sp³-hybridized carbons (Fsp3) is 0.682. The Balaban J connectivity index is 1.25. The zero-order chi connectivity index (χ0) is 21.3. The van der Waals surface area contributed by atoms with E-state index in [9.17, 15) is 18.3 Å². The second kappa shape index (κ2) is 8.94. The number of fused-ring (bicyclic) bond motifs is 1. The van der Waals surface area contributed by atoms with Crippen LogP contribution in [0.4, 0.5) is 0 Å². The number of carbonyl (C=O) groups excluding carboxylic acids is 1. The van der Waals surface area contributed by atoms with Crippen molar-refractivity contribution in [2.45, 2.75) is 50.8 Å². The largest absolute Gasteiger partial charge is 0.390 e. The highest BCUT2D eigenvalue weighted by Gasteiger charge is 2.40. The Kier molecular flexibility index (Phi) is 6.48. The second-order valence-corrected chi connectivity index (χ2v) is 11.2. The number of rotatable bonds is 5. The Morgan fingerprint density at radius 1 is 1.13 bits per heavy atom. The molecule has 0 saturated carbocycles. The van der Waals surface area contributed by atoms with Gasteiger partial charge in [-0.05, 0) is 49.3 Å². The van der Waals surface area contributed by atoms with Crippen molar-refractivity contribution in [3.8, 4) is 0 Å². The lowest BCUT2D eigenvalue weighted by molar-refractivity contribution is -0.123. The molecule has 0 spiro atoms. The number of nitrogens with zero attached hydrogens (tertiary/aromatic N) is 2. The molecule has 4 rings (SSSR count). The number of hydrogen-bond acceptors (Lipinski definition) is 6. The van der Waals surface area contributed by atoms with Gasteiger partial charge in [-0.25, -0.2) is 8.42 Å². The predicted octanol–water partition coefficient (Wildman–Crippen LogP) is 0.518. The number of aryl methyl sites for hydroxylation is 2. The van der Waals surface area contributed by atoms with Crippen LogP contribution in [0.5, 0.6) is 0 Å². The van der Waals surface area contributed by atoms with Crippen LogP contribution in [0.15, 0.2) is 18.2 Å². The van der Waals surface area contributed by atoms with E-state index in [1.54, 1.807) is 0 Å². The smallest absolute Gasteiger partial charge is 0.234 e. The molecule has 2 saturated heterocycles. The molecule has 1 aliphatic carbocycles. The Morgan fingerprint density at radius 3 is 2.50 bits per heavy atom. The summed E-state index contributed by atoms with van der Waals surface area (Å²) < 4.78 is 23.5. The van der Waals surface area contributed by atoms with Gasteiger partial charge < -0.3 is 10.4 Å². The van der Waals surface area contributed by atoms with Crippen LogP contribution in [-0.2, 0) is 27.5 Å². The second-order valence-electron chi connectivity index (χ2n) is 9.05. The monoisotopic (exact) mass is 435 g/mol. The number of piperazine rings is 1. The average Bonchev–Trinajstić information content (AvgIpc) is 3.00. The topological polar surface area (TPSA) is 90.0 Å². The molecule has 2 aliphatic heterocycles. The zero-order valence-electron chi connectivity index (χ0n) is 17.7. The van der Waals surface area contributed by atoms with Crippen molar-refractivity contribution >= 4 is 15.7 Å². The predicted molar refractivity (Wildman–Crippen MR) is 116 cm³/mol. The number of carbonyl (C=O) groups is 1. The van der Waals surface area contributed by atoms with Crippen LogP contribution in [0, 0.1) is 0 Å². The number of hydrogen-bond donors (Lipinski definition) is 2. The van der Waals surface area contributed by atoms with E-state index in [1.165, 1.54) is 24.0 Å². The lowest BCUT2D eigenvalue weighted by Gasteiger charge is -2.38. The maximum atomic E-state index is 12.6. The van der Waals surface area contributed by atoms with Crippen molar-refractivity contribution in [2.75, 3.05) is 44.2 Å². The molecule has 0 bridgehead atoms. The molecule has 1 aromatic carbocycles. The van der Waals surface area contributed by atoms with Crippen molar-refractivity contribution in [2.24, 2.45) is 0 Å². The minimum atomic E-state index is -3.14. The fourth-order valence-electron chi connectivity index (χ4n) is 5.01. The van der Waals surface area contributed by atoms with Crippen molar-refractivity contribution in [3.05, 3.63) is 34.9 Å². The van der Waals surface area contributed by atoms with E-state index >= 15 is 0 Å². The van der Waals surface area contributed by atoms with Crippen molar-refractivity contribution < 1.29 is 18.3 Å². The highest BCUT2D eigenvalue weighted by molar-refractivity contribution is 7.91. The van der Waals surface area contributed by atoms with Gasteiger partial charge in [0.15, 0.2) is 9.84 Å². The standard InChI is InChI=1S/C22H33N3O4S/c1-16(18-7-6-17-4-2-3-5-19(17)12-18)23-22(27)13-24-8-10-25(11-9-24)20-14-30(28,29)15-21(20)26/h6-7,12,16,20-21,26H,2-5,8-11,13-15H2,1H3,(H,23,27)/t16-,20+,21+/m0/s1. The molecule has 2 fully saturated rings. The van der Waals surface area contributed by atoms with E-state index in [-0.39, 0.29) is 29.5 Å². The summed E-state index contributed by atoms with van der Waals surface area (Å²) in [5.74, 6) is -0.0921. The van der Waals surface area contributed by atoms with Crippen molar-refractivity contribution in [3.63, 3.8) is 0 Å². The highest BCUT2D eigenvalue weighted by Crippen LogP contribution is 2.25. The molecular formula is C22H33N3O4S. The lowest BCUT2D eigenvalue weighted by Crippen LogP contribution is -2.55. The van der Waals surface area contributed by atoms with Crippen LogP contribution in [0.25, 0.3) is 0 Å². The summed E-state index contributed by atoms with van der Waals surface area (Å²) >= 11 is 0. The molecule has 166 valence electrons. The third kappa shape index (κ3) is 5.04. The lowest BCUT2D eigenvalue weighted by atomic mass is 9.89. The molecule has 1 aromatic rings. The summed E-state index contributed by atoms with van der Waals surface area (Å²) in [5, 5.41) is 13.2. The molecular weight excluding hydrogens is 402 g/mol. The van der Waals surface area contributed by atoms with Gasteiger partial charge in [0.05, 0.1) is 36.2 Å². The number of nitrogens with one attached hydrogen (secondary N) is 1. The number of aliphatic hydroxyl groups is 1. The van der Waals surface area contributed by atoms with Gasteiger partial charge in [0.2, 0.25) is 5.91 Å². The van der Waals surface area contributed by atoms with Crippen LogP contribution in [0.2, 0.25) is 0 Å². The van der Waals surface area contributed by atoms with Crippen LogP contribution in [-0.4, -0.2) is 85.6 Å². The molecule has 7 nitrogen and oxygen atoms in total. The van der Waals surface area contributed by atoms with Gasteiger partial charge in [0, 0.05) is 26.2 Å². The van der Waals surface area contributed by atoms with E-state index in [1.807, 2.05) is 6.92 Å². The summed E-state index contributed by atoms with van der Waals surface area (Å²) in [6.45, 7) is 5.11. The molecule has 0 aromatic heterocycles. The van der Waals surface area contributed by atoms with Gasteiger partial charge in [0.1, 0.15) is 0 Å². The van der Waals surface area contributed by atoms with Crippen LogP contribution in [0.3, 0.4) is 0 Å². The Morgan fingerprint density at radius 2 is 1.83 bits per heavy atom. The SMILES string of the molecule is C[C@H](NC(=O)CN1CCN([C@@H]2CS(=O)(=O)C[C@H]2O)CC1)c1ccc2c(c1)CCCC2. The van der Waals surface area contributed by atoms with Gasteiger partial charge >= 0.3 is 0 Å². The molecule has 0 unspecified atom stereocenters. The number of aliphatic hydroxyl groups excluding tert-OH is 1. The van der Waals surface area contributed by atoms with Gasteiger partial charge in [0.25, 0.3) is 0 Å². The molecule has 2 heterocycles. The molecule has 30 heavy (non-hydrogen) atoms. The van der Waals surface area contributed by atoms with Gasteiger partial charge in [-0.2, -0.15) is 0 Å². The Bertz CT molecular complexity index is 880. The summed E-state index contributed by atoms with van der Waals surface area (Å²) in [6.07, 6.45) is 3.99. The van der Waals surface area contributed by atoms with Gasteiger partial charge in [-0.1, -0.05) is 18.2 Å². The molecule has 0 radical (unpaired) electrons. The molecule has 1 amide bonds. The van der Waals surface area contributed by atoms with E-state index in [4.69, 9.17) is 0 Å². The molecule has 3 aliphatic rings. The fourth-order valence-corrected chi connectivity index (χ4v) is 6.84. The summed E-state index contributed by atoms with van der Waals surface area (Å²) in [4.78, 5) is 16.7. The molecule has 8 heteroatoms. The average molecular weight is 436 g/mol. The Hall–Kier alpha value is -1.48. The number of amides is 1. The number of sulfone groups is 1. The van der Waals surface area contributed by atoms with E-state index in [0.29, 0.717) is 32.7 Å². The summed E-state index contributed by atoms with van der Waals surface area (Å²) in [6, 6.07) is 6.26. The van der Waals surface area contributed by atoms with Crippen LogP contribution >= 0.6 is 0 Å². The van der Waals surface area contributed by atoms with Crippen LogP contribution in [0.1, 0.15) is 42.5 Å². The van der Waals surface area contributed by atoms with Crippen molar-refractivity contribution in [1.82, 2.24) is 15.1 Å². The summed E-state index contributed by atoms with van der Waals surface area (Å²) in [7, 11) is -3.14. The highest BCUT2D eigenvalue weighted by atomic mass is 32.2. The summed E-state index contributed by atoms with van der Waals surface area (Å²) in [5.41, 5.74) is 4.03. The van der Waals surface area contributed by atoms with Crippen LogP contribution < -0.4 is 5.32 Å². The first-order valence-electron chi connectivity index (χ1n) is 11.1. The van der Waals surface area contributed by atoms with Gasteiger partial charge in [-0.15, -0.1) is 0 Å². The zero-order valence-corrected chi connectivity index (χ0v) is 18.5. The first kappa shape index (κ1) is 21.7. The number of benzene rings is 1. The maximum absolute atomic E-state index is 12.6. The van der Waals surface area contributed by atoms with E-state index in [2.05, 4.69) is 33.3 Å². The molecule has 3 atom stereocenters. The minimum absolute atomic E-state index is 0.0112. The first-order valence-corrected chi connectivity index (χ1v) is 12.9. The molecule has 2 N–H and O–H groups in total. The van der Waals surface area contributed by atoms with Crippen molar-refractivity contribution in [1.29, 1.82) is 0 Å². The minimum Gasteiger partial charge on any atom is -0.390 e. The Labute approximate surface area is 179 Å².